The average Bonchev–Trinajstić information content (AvgIpc) is 3.29. The van der Waals surface area contributed by atoms with Gasteiger partial charge in [-0.3, -0.25) is 14.4 Å². The first kappa shape index (κ1) is 23.3. The summed E-state index contributed by atoms with van der Waals surface area (Å²) >= 11 is 6.12. The summed E-state index contributed by atoms with van der Waals surface area (Å²) in [6.07, 6.45) is -0.582. The van der Waals surface area contributed by atoms with E-state index in [1.807, 2.05) is 12.1 Å². The number of rotatable bonds is 4. The molecule has 3 heterocycles. The number of benzene rings is 2. The molecule has 0 bridgehead atoms. The van der Waals surface area contributed by atoms with E-state index < -0.39 is 12.0 Å². The lowest BCUT2D eigenvalue weighted by Crippen LogP contribution is -2.56. The smallest absolute Gasteiger partial charge is 0.267 e. The van der Waals surface area contributed by atoms with Crippen molar-refractivity contribution in [3.05, 3.63) is 47.5 Å². The predicted molar refractivity (Wildman–Crippen MR) is 128 cm³/mol. The fourth-order valence-electron chi connectivity index (χ4n) is 4.73. The van der Waals surface area contributed by atoms with Crippen molar-refractivity contribution in [2.24, 2.45) is 5.92 Å². The largest absolute Gasteiger partial charge is 0.495 e. The van der Waals surface area contributed by atoms with Gasteiger partial charge in [-0.05, 0) is 30.3 Å². The fourth-order valence-corrected chi connectivity index (χ4v) is 4.90. The van der Waals surface area contributed by atoms with E-state index in [1.54, 1.807) is 45.0 Å². The minimum absolute atomic E-state index is 0.0832. The molecule has 3 aliphatic heterocycles. The van der Waals surface area contributed by atoms with Crippen LogP contribution in [0.3, 0.4) is 0 Å². The second kappa shape index (κ2) is 9.65. The maximum atomic E-state index is 13.2. The summed E-state index contributed by atoms with van der Waals surface area (Å²) in [6, 6.07) is 12.3. The number of fused-ring (bicyclic) bond motifs is 1. The molecule has 2 aromatic rings. The summed E-state index contributed by atoms with van der Waals surface area (Å²) in [7, 11) is 1.53. The number of carbonyl (C=O) groups excluding carboxylic acids is 3. The molecule has 0 N–H and O–H groups in total. The SMILES string of the molecule is COc1ccc(Cl)cc1N1C[C@H](C(=O)N2CCN(C(=O)[C@H]3COc4ccccc4O3)CC2)CC1=O. The van der Waals surface area contributed by atoms with Crippen LogP contribution in [0.4, 0.5) is 5.69 Å². The number of ether oxygens (including phenoxy) is 3. The van der Waals surface area contributed by atoms with Gasteiger partial charge in [-0.25, -0.2) is 0 Å². The number of nitrogens with zero attached hydrogens (tertiary/aromatic N) is 3. The Kier molecular flexibility index (Phi) is 6.42. The number of piperazine rings is 1. The molecule has 0 spiro atoms. The summed E-state index contributed by atoms with van der Waals surface area (Å²) in [4.78, 5) is 43.9. The Morgan fingerprint density at radius 2 is 1.69 bits per heavy atom. The van der Waals surface area contributed by atoms with Crippen molar-refractivity contribution < 1.29 is 28.6 Å². The lowest BCUT2D eigenvalue weighted by Gasteiger charge is -2.38. The minimum Gasteiger partial charge on any atom is -0.495 e. The van der Waals surface area contributed by atoms with Gasteiger partial charge in [0, 0.05) is 44.2 Å². The van der Waals surface area contributed by atoms with Crippen LogP contribution in [0.2, 0.25) is 5.02 Å². The molecule has 3 amide bonds. The molecule has 184 valence electrons. The highest BCUT2D eigenvalue weighted by molar-refractivity contribution is 6.31. The molecular formula is C25H26ClN3O6. The quantitative estimate of drug-likeness (QED) is 0.641. The van der Waals surface area contributed by atoms with Crippen molar-refractivity contribution in [3.63, 3.8) is 0 Å². The highest BCUT2D eigenvalue weighted by atomic mass is 35.5. The van der Waals surface area contributed by atoms with Crippen LogP contribution in [0, 0.1) is 5.92 Å². The van der Waals surface area contributed by atoms with Crippen molar-refractivity contribution in [2.75, 3.05) is 51.3 Å². The van der Waals surface area contributed by atoms with Gasteiger partial charge in [-0.15, -0.1) is 0 Å². The van der Waals surface area contributed by atoms with Gasteiger partial charge in [-0.1, -0.05) is 23.7 Å². The summed E-state index contributed by atoms with van der Waals surface area (Å²) in [6.45, 7) is 2.03. The maximum Gasteiger partial charge on any atom is 0.267 e. The van der Waals surface area contributed by atoms with Crippen molar-refractivity contribution in [1.82, 2.24) is 9.80 Å². The third kappa shape index (κ3) is 4.60. The molecule has 10 heteroatoms. The topological polar surface area (TPSA) is 88.6 Å². The normalized spacial score (nSPS) is 21.8. The van der Waals surface area contributed by atoms with Gasteiger partial charge >= 0.3 is 0 Å². The first-order valence-electron chi connectivity index (χ1n) is 11.5. The van der Waals surface area contributed by atoms with Gasteiger partial charge < -0.3 is 28.9 Å². The minimum atomic E-state index is -0.708. The number of anilines is 1. The van der Waals surface area contributed by atoms with Crippen molar-refractivity contribution in [1.29, 1.82) is 0 Å². The Bertz CT molecular complexity index is 1150. The zero-order valence-electron chi connectivity index (χ0n) is 19.3. The third-order valence-electron chi connectivity index (χ3n) is 6.59. The number of halogens is 1. The number of hydrogen-bond donors (Lipinski definition) is 0. The second-order valence-corrected chi connectivity index (χ2v) is 9.17. The van der Waals surface area contributed by atoms with Crippen molar-refractivity contribution >= 4 is 35.0 Å². The van der Waals surface area contributed by atoms with Crippen LogP contribution in [-0.4, -0.2) is 80.1 Å². The Morgan fingerprint density at radius 3 is 2.40 bits per heavy atom. The number of amides is 3. The molecule has 2 fully saturated rings. The molecule has 0 radical (unpaired) electrons. The molecule has 2 atom stereocenters. The van der Waals surface area contributed by atoms with Gasteiger partial charge in [0.25, 0.3) is 5.91 Å². The molecule has 0 aliphatic carbocycles. The number of carbonyl (C=O) groups is 3. The fraction of sp³-hybridized carbons (Fsp3) is 0.400. The van der Waals surface area contributed by atoms with Gasteiger partial charge in [0.2, 0.25) is 17.9 Å². The summed E-state index contributed by atoms with van der Waals surface area (Å²) in [5.41, 5.74) is 0.562. The average molecular weight is 500 g/mol. The van der Waals surface area contributed by atoms with Gasteiger partial charge in [0.1, 0.15) is 12.4 Å². The first-order valence-corrected chi connectivity index (χ1v) is 11.9. The molecule has 35 heavy (non-hydrogen) atoms. The van der Waals surface area contributed by atoms with Gasteiger partial charge in [-0.2, -0.15) is 0 Å². The van der Waals surface area contributed by atoms with E-state index >= 15 is 0 Å². The van der Waals surface area contributed by atoms with Crippen LogP contribution in [-0.2, 0) is 14.4 Å². The monoisotopic (exact) mass is 499 g/mol. The molecule has 5 rings (SSSR count). The summed E-state index contributed by atoms with van der Waals surface area (Å²) in [5.74, 6) is 0.870. The molecule has 2 saturated heterocycles. The molecule has 0 aromatic heterocycles. The predicted octanol–water partition coefficient (Wildman–Crippen LogP) is 2.21. The van der Waals surface area contributed by atoms with Crippen LogP contribution in [0.25, 0.3) is 0 Å². The Labute approximate surface area is 208 Å². The zero-order valence-corrected chi connectivity index (χ0v) is 20.1. The van der Waals surface area contributed by atoms with E-state index in [0.717, 1.165) is 0 Å². The van der Waals surface area contributed by atoms with E-state index in [1.165, 1.54) is 7.11 Å². The van der Waals surface area contributed by atoms with Crippen LogP contribution >= 0.6 is 11.6 Å². The van der Waals surface area contributed by atoms with E-state index in [-0.39, 0.29) is 37.3 Å². The Hall–Kier alpha value is -3.46. The van der Waals surface area contributed by atoms with Gasteiger partial charge in [0.05, 0.1) is 18.7 Å². The Balaban J connectivity index is 1.17. The van der Waals surface area contributed by atoms with Crippen molar-refractivity contribution in [3.8, 4) is 17.2 Å². The highest BCUT2D eigenvalue weighted by Crippen LogP contribution is 2.36. The molecule has 2 aromatic carbocycles. The van der Waals surface area contributed by atoms with Gasteiger partial charge in [0.15, 0.2) is 11.5 Å². The first-order chi connectivity index (χ1) is 16.9. The van der Waals surface area contributed by atoms with E-state index in [9.17, 15) is 14.4 Å². The maximum absolute atomic E-state index is 13.2. The number of methoxy groups -OCH3 is 1. The molecule has 0 saturated carbocycles. The van der Waals surface area contributed by atoms with Crippen LogP contribution in [0.15, 0.2) is 42.5 Å². The Morgan fingerprint density at radius 1 is 1.00 bits per heavy atom. The third-order valence-corrected chi connectivity index (χ3v) is 6.83. The molecule has 9 nitrogen and oxygen atoms in total. The molecule has 0 unspecified atom stereocenters. The van der Waals surface area contributed by atoms with E-state index in [0.29, 0.717) is 54.1 Å². The summed E-state index contributed by atoms with van der Waals surface area (Å²) in [5, 5.41) is 0.486. The lowest BCUT2D eigenvalue weighted by atomic mass is 10.1. The van der Waals surface area contributed by atoms with E-state index in [2.05, 4.69) is 0 Å². The summed E-state index contributed by atoms with van der Waals surface area (Å²) < 4.78 is 16.9. The van der Waals surface area contributed by atoms with Crippen LogP contribution in [0.1, 0.15) is 6.42 Å². The van der Waals surface area contributed by atoms with Crippen molar-refractivity contribution in [2.45, 2.75) is 12.5 Å². The standard InChI is InChI=1S/C25H26ClN3O6/c1-33-19-7-6-17(26)13-18(19)29-14-16(12-23(29)30)24(31)27-8-10-28(11-9-27)25(32)22-15-34-20-4-2-3-5-21(20)35-22/h2-7,13,16,22H,8-12,14-15H2,1H3/t16-,22-/m1/s1. The van der Waals surface area contributed by atoms with Crippen LogP contribution in [0.5, 0.6) is 17.2 Å². The molecular weight excluding hydrogens is 474 g/mol. The van der Waals surface area contributed by atoms with E-state index in [4.69, 9.17) is 25.8 Å². The molecule has 3 aliphatic rings. The number of hydrogen-bond acceptors (Lipinski definition) is 6. The second-order valence-electron chi connectivity index (χ2n) is 8.74. The lowest BCUT2D eigenvalue weighted by molar-refractivity contribution is -0.147. The zero-order chi connectivity index (χ0) is 24.5. The highest BCUT2D eigenvalue weighted by Gasteiger charge is 2.40. The number of para-hydroxylation sites is 2. The van der Waals surface area contributed by atoms with Crippen LogP contribution < -0.4 is 19.1 Å².